The fraction of sp³-hybridized carbons (Fsp3) is 0.667. The van der Waals surface area contributed by atoms with Crippen LogP contribution in [-0.2, 0) is 0 Å². The smallest absolute Gasteiger partial charge is 0.0203 e. The molecule has 0 radical (unpaired) electrons. The molecule has 0 aromatic rings. The van der Waals surface area contributed by atoms with E-state index < -0.39 is 0 Å². The van der Waals surface area contributed by atoms with Crippen molar-refractivity contribution in [3.05, 3.63) is 17.4 Å². The van der Waals surface area contributed by atoms with Gasteiger partial charge in [0, 0.05) is 0 Å². The van der Waals surface area contributed by atoms with Gasteiger partial charge >= 0.3 is 0 Å². The van der Waals surface area contributed by atoms with Crippen molar-refractivity contribution in [2.45, 2.75) is 39.0 Å². The van der Waals surface area contributed by atoms with Crippen LogP contribution in [0.2, 0.25) is 0 Å². The van der Waals surface area contributed by atoms with Gasteiger partial charge in [0.2, 0.25) is 0 Å². The highest BCUT2D eigenvalue weighted by molar-refractivity contribution is 5.08. The average Bonchev–Trinajstić information content (AvgIpc) is 2.34. The fourth-order valence-corrected chi connectivity index (χ4v) is 1.12. The summed E-state index contributed by atoms with van der Waals surface area (Å²) in [5.41, 5.74) is 4.82. The second-order valence-corrected chi connectivity index (χ2v) is 2.59. The Bertz CT molecular complexity index is 136. The van der Waals surface area contributed by atoms with E-state index in [1.807, 2.05) is 0 Å². The minimum absolute atomic E-state index is 1.24. The van der Waals surface area contributed by atoms with E-state index in [4.69, 9.17) is 0 Å². The SMILES string of the molecule is CCCCC1=C=CCC1. The summed E-state index contributed by atoms with van der Waals surface area (Å²) in [5.74, 6) is 0. The van der Waals surface area contributed by atoms with Crippen LogP contribution in [0.5, 0.6) is 0 Å². The van der Waals surface area contributed by atoms with Gasteiger partial charge in [-0.05, 0) is 37.3 Å². The molecule has 1 aliphatic carbocycles. The summed E-state index contributed by atoms with van der Waals surface area (Å²) in [6.45, 7) is 2.24. The van der Waals surface area contributed by atoms with Crippen LogP contribution in [0.25, 0.3) is 0 Å². The lowest BCUT2D eigenvalue weighted by atomic mass is 10.1. The zero-order chi connectivity index (χ0) is 6.53. The summed E-state index contributed by atoms with van der Waals surface area (Å²) < 4.78 is 0. The van der Waals surface area contributed by atoms with Gasteiger partial charge in [0.1, 0.15) is 0 Å². The summed E-state index contributed by atoms with van der Waals surface area (Å²) in [6.07, 6.45) is 8.61. The van der Waals surface area contributed by atoms with E-state index in [0.717, 1.165) is 0 Å². The first-order chi connectivity index (χ1) is 4.43. The third-order valence-corrected chi connectivity index (χ3v) is 1.73. The molecule has 0 amide bonds. The van der Waals surface area contributed by atoms with Crippen molar-refractivity contribution < 1.29 is 0 Å². The van der Waals surface area contributed by atoms with Gasteiger partial charge in [-0.3, -0.25) is 0 Å². The molecule has 1 rings (SSSR count). The van der Waals surface area contributed by atoms with Gasteiger partial charge < -0.3 is 0 Å². The van der Waals surface area contributed by atoms with Crippen LogP contribution in [0, 0.1) is 0 Å². The highest BCUT2D eigenvalue weighted by atomic mass is 14.0. The predicted molar refractivity (Wildman–Crippen MR) is 40.4 cm³/mol. The summed E-state index contributed by atoms with van der Waals surface area (Å²) in [6, 6.07) is 0. The van der Waals surface area contributed by atoms with E-state index in [1.165, 1.54) is 37.7 Å². The minimum atomic E-state index is 1.24. The van der Waals surface area contributed by atoms with Crippen LogP contribution in [0.3, 0.4) is 0 Å². The Hall–Kier alpha value is -0.480. The molecule has 0 bridgehead atoms. The van der Waals surface area contributed by atoms with Crippen LogP contribution in [0.4, 0.5) is 0 Å². The number of unbranched alkanes of at least 4 members (excludes halogenated alkanes) is 1. The monoisotopic (exact) mass is 122 g/mol. The molecular formula is C9H14. The van der Waals surface area contributed by atoms with Crippen molar-refractivity contribution in [2.24, 2.45) is 0 Å². The van der Waals surface area contributed by atoms with Crippen molar-refractivity contribution in [1.82, 2.24) is 0 Å². The van der Waals surface area contributed by atoms with E-state index in [2.05, 4.69) is 18.7 Å². The number of hydrogen-bond donors (Lipinski definition) is 0. The molecule has 0 unspecified atom stereocenters. The Balaban J connectivity index is 2.20. The Morgan fingerprint density at radius 2 is 2.56 bits per heavy atom. The third kappa shape index (κ3) is 2.07. The molecule has 0 heterocycles. The molecule has 0 aliphatic heterocycles. The molecule has 0 aromatic carbocycles. The molecule has 0 atom stereocenters. The van der Waals surface area contributed by atoms with E-state index >= 15 is 0 Å². The Morgan fingerprint density at radius 1 is 1.67 bits per heavy atom. The van der Waals surface area contributed by atoms with Gasteiger partial charge in [0.25, 0.3) is 0 Å². The Kier molecular flexibility index (Phi) is 2.60. The van der Waals surface area contributed by atoms with Crippen molar-refractivity contribution in [3.8, 4) is 0 Å². The number of rotatable bonds is 3. The summed E-state index contributed by atoms with van der Waals surface area (Å²) in [4.78, 5) is 0. The van der Waals surface area contributed by atoms with Gasteiger partial charge in [-0.1, -0.05) is 13.3 Å². The Labute approximate surface area is 57.3 Å². The van der Waals surface area contributed by atoms with Crippen LogP contribution >= 0.6 is 0 Å². The minimum Gasteiger partial charge on any atom is -0.126 e. The molecule has 1 aliphatic rings. The molecule has 0 N–H and O–H groups in total. The first-order valence-electron chi connectivity index (χ1n) is 3.86. The molecule has 0 saturated carbocycles. The van der Waals surface area contributed by atoms with E-state index in [1.54, 1.807) is 0 Å². The molecule has 0 nitrogen and oxygen atoms in total. The van der Waals surface area contributed by atoms with Crippen molar-refractivity contribution in [3.63, 3.8) is 0 Å². The molecule has 0 fully saturated rings. The van der Waals surface area contributed by atoms with Crippen LogP contribution in [0.1, 0.15) is 39.0 Å². The van der Waals surface area contributed by atoms with Gasteiger partial charge in [0.05, 0.1) is 0 Å². The van der Waals surface area contributed by atoms with Gasteiger partial charge in [0.15, 0.2) is 0 Å². The summed E-state index contributed by atoms with van der Waals surface area (Å²) in [7, 11) is 0. The summed E-state index contributed by atoms with van der Waals surface area (Å²) >= 11 is 0. The quantitative estimate of drug-likeness (QED) is 0.505. The first kappa shape index (κ1) is 6.64. The second kappa shape index (κ2) is 3.53. The molecule has 0 heteroatoms. The fourth-order valence-electron chi connectivity index (χ4n) is 1.12. The largest absolute Gasteiger partial charge is 0.126 e. The van der Waals surface area contributed by atoms with Gasteiger partial charge in [-0.2, -0.15) is 0 Å². The molecular weight excluding hydrogens is 108 g/mol. The van der Waals surface area contributed by atoms with Crippen molar-refractivity contribution in [1.29, 1.82) is 0 Å². The Morgan fingerprint density at radius 3 is 3.11 bits per heavy atom. The first-order valence-corrected chi connectivity index (χ1v) is 3.86. The highest BCUT2D eigenvalue weighted by Gasteiger charge is 1.98. The second-order valence-electron chi connectivity index (χ2n) is 2.59. The van der Waals surface area contributed by atoms with E-state index in [0.29, 0.717) is 0 Å². The maximum atomic E-state index is 3.28. The van der Waals surface area contributed by atoms with E-state index in [9.17, 15) is 0 Å². The molecule has 50 valence electrons. The molecule has 9 heavy (non-hydrogen) atoms. The zero-order valence-corrected chi connectivity index (χ0v) is 6.11. The lowest BCUT2D eigenvalue weighted by Gasteiger charge is -1.95. The van der Waals surface area contributed by atoms with Gasteiger partial charge in [-0.25, -0.2) is 0 Å². The van der Waals surface area contributed by atoms with Crippen LogP contribution in [-0.4, -0.2) is 0 Å². The van der Waals surface area contributed by atoms with Crippen LogP contribution < -0.4 is 0 Å². The normalized spacial score (nSPS) is 16.3. The maximum Gasteiger partial charge on any atom is -0.0203 e. The number of hydrogen-bond acceptors (Lipinski definition) is 0. The lowest BCUT2D eigenvalue weighted by Crippen LogP contribution is -1.77. The molecule has 0 aromatic heterocycles. The third-order valence-electron chi connectivity index (χ3n) is 1.73. The molecule has 0 saturated heterocycles. The zero-order valence-electron chi connectivity index (χ0n) is 6.11. The maximum absolute atomic E-state index is 3.28. The standard InChI is InChI=1S/C9H14/c1-2-3-6-9-7-4-5-8-9/h4H,2-3,5-6,8H2,1H3. The van der Waals surface area contributed by atoms with Crippen LogP contribution in [0.15, 0.2) is 17.4 Å². The molecule has 0 spiro atoms. The van der Waals surface area contributed by atoms with Gasteiger partial charge in [-0.15, -0.1) is 5.73 Å². The average molecular weight is 122 g/mol. The highest BCUT2D eigenvalue weighted by Crippen LogP contribution is 2.16. The lowest BCUT2D eigenvalue weighted by molar-refractivity contribution is 0.764. The van der Waals surface area contributed by atoms with Crippen molar-refractivity contribution in [2.75, 3.05) is 0 Å². The van der Waals surface area contributed by atoms with E-state index in [-0.39, 0.29) is 0 Å². The van der Waals surface area contributed by atoms with Crippen molar-refractivity contribution >= 4 is 0 Å². The summed E-state index contributed by atoms with van der Waals surface area (Å²) in [5, 5.41) is 0. The number of allylic oxidation sites excluding steroid dienone is 1. The topological polar surface area (TPSA) is 0 Å². The predicted octanol–water partition coefficient (Wildman–Crippen LogP) is 3.05.